The Morgan fingerprint density at radius 2 is 2.00 bits per heavy atom. The minimum atomic E-state index is -0.222. The van der Waals surface area contributed by atoms with Gasteiger partial charge < -0.3 is 15.3 Å². The second-order valence-electron chi connectivity index (χ2n) is 5.38. The highest BCUT2D eigenvalue weighted by atomic mass is 16.1. The molecule has 1 amide bonds. The SMILES string of the molecule is Cc1[nH]c2ccc(CNC(=O)c3ccc(=O)[nH]c3)cc2c1C. The molecule has 3 aromatic rings. The minimum Gasteiger partial charge on any atom is -0.358 e. The predicted octanol–water partition coefficient (Wildman–Crippen LogP) is 2.40. The first-order chi connectivity index (χ1) is 10.5. The van der Waals surface area contributed by atoms with Crippen LogP contribution in [0.4, 0.5) is 0 Å². The van der Waals surface area contributed by atoms with E-state index < -0.39 is 0 Å². The van der Waals surface area contributed by atoms with Crippen molar-refractivity contribution in [2.24, 2.45) is 0 Å². The van der Waals surface area contributed by atoms with E-state index in [1.807, 2.05) is 19.1 Å². The summed E-state index contributed by atoms with van der Waals surface area (Å²) in [6.07, 6.45) is 1.42. The molecule has 0 aliphatic rings. The van der Waals surface area contributed by atoms with Crippen LogP contribution >= 0.6 is 0 Å². The lowest BCUT2D eigenvalue weighted by molar-refractivity contribution is 0.0950. The van der Waals surface area contributed by atoms with Crippen LogP contribution in [0.25, 0.3) is 10.9 Å². The monoisotopic (exact) mass is 295 g/mol. The molecule has 3 N–H and O–H groups in total. The molecule has 0 spiro atoms. The van der Waals surface area contributed by atoms with Crippen molar-refractivity contribution in [2.75, 3.05) is 0 Å². The first kappa shape index (κ1) is 14.1. The maximum atomic E-state index is 12.0. The van der Waals surface area contributed by atoms with Gasteiger partial charge in [0.15, 0.2) is 0 Å². The van der Waals surface area contributed by atoms with E-state index >= 15 is 0 Å². The number of pyridine rings is 1. The number of H-pyrrole nitrogens is 2. The molecular formula is C17H17N3O2. The molecule has 2 heterocycles. The summed E-state index contributed by atoms with van der Waals surface area (Å²) < 4.78 is 0. The van der Waals surface area contributed by atoms with Gasteiger partial charge in [-0.05, 0) is 43.2 Å². The highest BCUT2D eigenvalue weighted by molar-refractivity contribution is 5.93. The summed E-state index contributed by atoms with van der Waals surface area (Å²) in [5, 5.41) is 4.03. The number of carbonyl (C=O) groups excluding carboxylic acids is 1. The zero-order chi connectivity index (χ0) is 15.7. The molecule has 0 radical (unpaired) electrons. The molecule has 0 fully saturated rings. The minimum absolute atomic E-state index is 0.210. The molecule has 0 aliphatic heterocycles. The van der Waals surface area contributed by atoms with E-state index in [-0.39, 0.29) is 11.5 Å². The molecule has 22 heavy (non-hydrogen) atoms. The molecule has 5 heteroatoms. The van der Waals surface area contributed by atoms with Gasteiger partial charge in [-0.3, -0.25) is 9.59 Å². The number of aryl methyl sites for hydroxylation is 2. The Kier molecular flexibility index (Phi) is 3.55. The van der Waals surface area contributed by atoms with Crippen molar-refractivity contribution < 1.29 is 4.79 Å². The number of hydrogen-bond donors (Lipinski definition) is 3. The Morgan fingerprint density at radius 1 is 1.18 bits per heavy atom. The van der Waals surface area contributed by atoms with Crippen LogP contribution < -0.4 is 10.9 Å². The molecule has 0 saturated carbocycles. The first-order valence-electron chi connectivity index (χ1n) is 7.09. The number of rotatable bonds is 3. The molecule has 0 bridgehead atoms. The van der Waals surface area contributed by atoms with Gasteiger partial charge in [-0.2, -0.15) is 0 Å². The fourth-order valence-corrected chi connectivity index (χ4v) is 2.45. The van der Waals surface area contributed by atoms with Crippen molar-refractivity contribution >= 4 is 16.8 Å². The average molecular weight is 295 g/mol. The summed E-state index contributed by atoms with van der Waals surface area (Å²) in [5.74, 6) is -0.210. The first-order valence-corrected chi connectivity index (χ1v) is 7.09. The number of hydrogen-bond acceptors (Lipinski definition) is 2. The van der Waals surface area contributed by atoms with Gasteiger partial charge in [-0.1, -0.05) is 6.07 Å². The summed E-state index contributed by atoms with van der Waals surface area (Å²) in [4.78, 5) is 28.8. The van der Waals surface area contributed by atoms with Gasteiger partial charge in [0, 0.05) is 35.4 Å². The Balaban J connectivity index is 1.76. The van der Waals surface area contributed by atoms with Crippen LogP contribution in [0.1, 0.15) is 27.2 Å². The van der Waals surface area contributed by atoms with Crippen molar-refractivity contribution in [3.8, 4) is 0 Å². The number of nitrogens with one attached hydrogen (secondary N) is 3. The van der Waals surface area contributed by atoms with Gasteiger partial charge in [0.2, 0.25) is 5.56 Å². The maximum absolute atomic E-state index is 12.0. The normalized spacial score (nSPS) is 10.8. The van der Waals surface area contributed by atoms with E-state index in [0.717, 1.165) is 16.8 Å². The van der Waals surface area contributed by atoms with Crippen molar-refractivity contribution in [3.05, 3.63) is 69.3 Å². The van der Waals surface area contributed by atoms with Crippen molar-refractivity contribution in [1.29, 1.82) is 0 Å². The van der Waals surface area contributed by atoms with Gasteiger partial charge in [-0.25, -0.2) is 0 Å². The van der Waals surface area contributed by atoms with Crippen LogP contribution in [-0.4, -0.2) is 15.9 Å². The molecule has 2 aromatic heterocycles. The van der Waals surface area contributed by atoms with E-state index in [1.54, 1.807) is 0 Å². The van der Waals surface area contributed by atoms with Crippen LogP contribution in [0.5, 0.6) is 0 Å². The van der Waals surface area contributed by atoms with E-state index in [9.17, 15) is 9.59 Å². The standard InChI is InChI=1S/C17H17N3O2/c1-10-11(2)20-15-5-3-12(7-14(10)15)8-19-17(22)13-4-6-16(21)18-9-13/h3-7,9,20H,8H2,1-2H3,(H,18,21)(H,19,22). The Hall–Kier alpha value is -2.82. The quantitative estimate of drug-likeness (QED) is 0.694. The van der Waals surface area contributed by atoms with Crippen molar-refractivity contribution in [3.63, 3.8) is 0 Å². The fraction of sp³-hybridized carbons (Fsp3) is 0.176. The molecular weight excluding hydrogens is 278 g/mol. The smallest absolute Gasteiger partial charge is 0.253 e. The number of aromatic amines is 2. The summed E-state index contributed by atoms with van der Waals surface area (Å²) in [7, 11) is 0. The molecule has 0 unspecified atom stereocenters. The zero-order valence-electron chi connectivity index (χ0n) is 12.5. The molecule has 112 valence electrons. The third-order valence-electron chi connectivity index (χ3n) is 3.87. The van der Waals surface area contributed by atoms with Gasteiger partial charge in [0.25, 0.3) is 5.91 Å². The summed E-state index contributed by atoms with van der Waals surface area (Å²) in [6.45, 7) is 4.57. The van der Waals surface area contributed by atoms with Crippen LogP contribution in [0.3, 0.4) is 0 Å². The predicted molar refractivity (Wildman–Crippen MR) is 86.0 cm³/mol. The Bertz CT molecular complexity index is 885. The number of fused-ring (bicyclic) bond motifs is 1. The largest absolute Gasteiger partial charge is 0.358 e. The second kappa shape index (κ2) is 5.52. The molecule has 0 atom stereocenters. The lowest BCUT2D eigenvalue weighted by Gasteiger charge is -2.06. The maximum Gasteiger partial charge on any atom is 0.253 e. The number of benzene rings is 1. The third-order valence-corrected chi connectivity index (χ3v) is 3.87. The highest BCUT2D eigenvalue weighted by Gasteiger charge is 2.07. The number of amides is 1. The lowest BCUT2D eigenvalue weighted by atomic mass is 10.1. The highest BCUT2D eigenvalue weighted by Crippen LogP contribution is 2.22. The third kappa shape index (κ3) is 2.65. The molecule has 0 aliphatic carbocycles. The molecule has 3 rings (SSSR count). The molecule has 0 saturated heterocycles. The van der Waals surface area contributed by atoms with Crippen LogP contribution in [0, 0.1) is 13.8 Å². The van der Waals surface area contributed by atoms with E-state index in [2.05, 4.69) is 28.3 Å². The second-order valence-corrected chi connectivity index (χ2v) is 5.38. The van der Waals surface area contributed by atoms with E-state index in [4.69, 9.17) is 0 Å². The van der Waals surface area contributed by atoms with Crippen LogP contribution in [0.2, 0.25) is 0 Å². The summed E-state index contributed by atoms with van der Waals surface area (Å²) in [5.41, 5.74) is 4.74. The average Bonchev–Trinajstić information content (AvgIpc) is 2.80. The Labute approximate surface area is 127 Å². The fourth-order valence-electron chi connectivity index (χ4n) is 2.45. The van der Waals surface area contributed by atoms with Crippen LogP contribution in [0.15, 0.2) is 41.3 Å². The van der Waals surface area contributed by atoms with Gasteiger partial charge in [-0.15, -0.1) is 0 Å². The lowest BCUT2D eigenvalue weighted by Crippen LogP contribution is -2.23. The molecule has 5 nitrogen and oxygen atoms in total. The summed E-state index contributed by atoms with van der Waals surface area (Å²) in [6, 6.07) is 8.95. The van der Waals surface area contributed by atoms with Crippen LogP contribution in [-0.2, 0) is 6.54 Å². The Morgan fingerprint density at radius 3 is 2.73 bits per heavy atom. The molecule has 1 aromatic carbocycles. The van der Waals surface area contributed by atoms with E-state index in [1.165, 1.54) is 29.3 Å². The van der Waals surface area contributed by atoms with Gasteiger partial charge in [0.1, 0.15) is 0 Å². The van der Waals surface area contributed by atoms with E-state index in [0.29, 0.717) is 12.1 Å². The van der Waals surface area contributed by atoms with Gasteiger partial charge in [0.05, 0.1) is 5.56 Å². The van der Waals surface area contributed by atoms with Gasteiger partial charge >= 0.3 is 0 Å². The van der Waals surface area contributed by atoms with Crippen molar-refractivity contribution in [1.82, 2.24) is 15.3 Å². The summed E-state index contributed by atoms with van der Waals surface area (Å²) >= 11 is 0. The topological polar surface area (TPSA) is 77.8 Å². The number of aromatic nitrogens is 2. The van der Waals surface area contributed by atoms with Crippen molar-refractivity contribution in [2.45, 2.75) is 20.4 Å². The number of carbonyl (C=O) groups is 1. The zero-order valence-corrected chi connectivity index (χ0v) is 12.5.